The van der Waals surface area contributed by atoms with E-state index in [9.17, 15) is 5.11 Å². The number of hydrogen-bond acceptors (Lipinski definition) is 7. The van der Waals surface area contributed by atoms with E-state index in [4.69, 9.17) is 16.9 Å². The molecular formula is C16H22N6O2. The van der Waals surface area contributed by atoms with Crippen molar-refractivity contribution in [1.29, 1.82) is 0 Å². The van der Waals surface area contributed by atoms with E-state index >= 15 is 0 Å². The van der Waals surface area contributed by atoms with E-state index in [2.05, 4.69) is 25.8 Å². The third-order valence-electron chi connectivity index (χ3n) is 4.18. The lowest BCUT2D eigenvalue weighted by Gasteiger charge is -2.21. The first-order chi connectivity index (χ1) is 11.5. The molecule has 0 aliphatic heterocycles. The Bertz CT molecular complexity index is 764. The van der Waals surface area contributed by atoms with Gasteiger partial charge in [0.1, 0.15) is 6.23 Å². The molecule has 1 saturated carbocycles. The lowest BCUT2D eigenvalue weighted by atomic mass is 10.3. The van der Waals surface area contributed by atoms with Crippen molar-refractivity contribution in [1.82, 2.24) is 19.5 Å². The van der Waals surface area contributed by atoms with Crippen LogP contribution in [0.3, 0.4) is 0 Å². The van der Waals surface area contributed by atoms with Crippen LogP contribution in [0, 0.1) is 12.3 Å². The van der Waals surface area contributed by atoms with E-state index in [0.29, 0.717) is 23.6 Å². The minimum absolute atomic E-state index is 0.145. The number of hydrogen-bond donors (Lipinski definition) is 2. The standard InChI is InChI=1S/C16H22N6O2/c1-4-5-12(8-23)24-10(2)22-9-18-13-14(21(3)11-6-7-11)19-16(17)20-15(13)22/h1,9-12,23H,5-8H2,2-3H3,(H2,17,19,20). The van der Waals surface area contributed by atoms with E-state index in [-0.39, 0.29) is 12.6 Å². The summed E-state index contributed by atoms with van der Waals surface area (Å²) in [5.41, 5.74) is 7.18. The summed E-state index contributed by atoms with van der Waals surface area (Å²) in [6.07, 6.45) is 8.74. The van der Waals surface area contributed by atoms with Crippen LogP contribution < -0.4 is 10.6 Å². The summed E-state index contributed by atoms with van der Waals surface area (Å²) < 4.78 is 7.58. The molecule has 0 aromatic carbocycles. The highest BCUT2D eigenvalue weighted by molar-refractivity contribution is 5.85. The summed E-state index contributed by atoms with van der Waals surface area (Å²) in [4.78, 5) is 15.2. The topological polar surface area (TPSA) is 102 Å². The van der Waals surface area contributed by atoms with Gasteiger partial charge in [-0.15, -0.1) is 12.3 Å². The Hall–Kier alpha value is -2.37. The number of rotatable bonds is 7. The number of terminal acetylenes is 1. The van der Waals surface area contributed by atoms with Crippen molar-refractivity contribution in [2.45, 2.75) is 44.6 Å². The van der Waals surface area contributed by atoms with Gasteiger partial charge in [-0.2, -0.15) is 9.97 Å². The summed E-state index contributed by atoms with van der Waals surface area (Å²) in [7, 11) is 1.99. The van der Waals surface area contributed by atoms with Crippen LogP contribution in [0.2, 0.25) is 0 Å². The largest absolute Gasteiger partial charge is 0.394 e. The zero-order valence-electron chi connectivity index (χ0n) is 13.9. The molecule has 2 aromatic rings. The Balaban J connectivity index is 1.93. The van der Waals surface area contributed by atoms with Crippen LogP contribution in [0.4, 0.5) is 11.8 Å². The molecule has 1 aliphatic rings. The first-order valence-corrected chi connectivity index (χ1v) is 7.97. The normalized spacial score (nSPS) is 16.8. The highest BCUT2D eigenvalue weighted by Crippen LogP contribution is 2.33. The van der Waals surface area contributed by atoms with E-state index < -0.39 is 12.3 Å². The second kappa shape index (κ2) is 6.63. The van der Waals surface area contributed by atoms with Crippen LogP contribution in [0.1, 0.15) is 32.4 Å². The smallest absolute Gasteiger partial charge is 0.224 e. The van der Waals surface area contributed by atoms with Crippen LogP contribution >= 0.6 is 0 Å². The molecule has 8 heteroatoms. The molecule has 0 radical (unpaired) electrons. The highest BCUT2D eigenvalue weighted by atomic mass is 16.5. The summed E-state index contributed by atoms with van der Waals surface area (Å²) >= 11 is 0. The summed E-state index contributed by atoms with van der Waals surface area (Å²) in [6.45, 7) is 1.71. The maximum Gasteiger partial charge on any atom is 0.224 e. The van der Waals surface area contributed by atoms with E-state index in [1.165, 1.54) is 0 Å². The fraction of sp³-hybridized carbons (Fsp3) is 0.562. The molecule has 24 heavy (non-hydrogen) atoms. The lowest BCUT2D eigenvalue weighted by molar-refractivity contribution is -0.0607. The predicted octanol–water partition coefficient (Wildman–Crippen LogP) is 0.926. The zero-order chi connectivity index (χ0) is 17.3. The van der Waals surface area contributed by atoms with Gasteiger partial charge in [0.2, 0.25) is 5.95 Å². The zero-order valence-corrected chi connectivity index (χ0v) is 13.9. The van der Waals surface area contributed by atoms with Gasteiger partial charge in [-0.25, -0.2) is 4.98 Å². The SMILES string of the molecule is C#CCC(CO)OC(C)n1cnc2c(N(C)C3CC3)nc(N)nc21. The maximum absolute atomic E-state index is 9.35. The van der Waals surface area contributed by atoms with Crippen molar-refractivity contribution in [3.8, 4) is 12.3 Å². The number of nitrogens with two attached hydrogens (primary N) is 1. The van der Waals surface area contributed by atoms with Crippen LogP contribution in [0.25, 0.3) is 11.2 Å². The van der Waals surface area contributed by atoms with Gasteiger partial charge in [-0.3, -0.25) is 4.57 Å². The number of aromatic nitrogens is 4. The number of fused-ring (bicyclic) bond motifs is 1. The number of nitrogen functional groups attached to an aromatic ring is 1. The molecule has 0 saturated heterocycles. The van der Waals surface area contributed by atoms with Crippen molar-refractivity contribution in [3.63, 3.8) is 0 Å². The average Bonchev–Trinajstić information content (AvgIpc) is 3.32. The number of anilines is 2. The number of ether oxygens (including phenoxy) is 1. The second-order valence-electron chi connectivity index (χ2n) is 6.02. The molecule has 8 nitrogen and oxygen atoms in total. The van der Waals surface area contributed by atoms with Gasteiger partial charge < -0.3 is 20.5 Å². The lowest BCUT2D eigenvalue weighted by Crippen LogP contribution is -2.23. The minimum atomic E-state index is -0.435. The molecule has 128 valence electrons. The number of nitrogens with zero attached hydrogens (tertiary/aromatic N) is 5. The molecular weight excluding hydrogens is 308 g/mol. The molecule has 1 fully saturated rings. The third-order valence-corrected chi connectivity index (χ3v) is 4.18. The fourth-order valence-corrected chi connectivity index (χ4v) is 2.70. The molecule has 2 aromatic heterocycles. The van der Waals surface area contributed by atoms with Gasteiger partial charge in [0.25, 0.3) is 0 Å². The monoisotopic (exact) mass is 330 g/mol. The first kappa shape index (κ1) is 16.5. The fourth-order valence-electron chi connectivity index (χ4n) is 2.70. The van der Waals surface area contributed by atoms with Crippen molar-refractivity contribution in [2.75, 3.05) is 24.3 Å². The van der Waals surface area contributed by atoms with Gasteiger partial charge in [0, 0.05) is 19.5 Å². The molecule has 1 aliphatic carbocycles. The summed E-state index contributed by atoms with van der Waals surface area (Å²) in [5.74, 6) is 3.42. The van der Waals surface area contributed by atoms with Crippen molar-refractivity contribution >= 4 is 22.9 Å². The van der Waals surface area contributed by atoms with E-state index in [0.717, 1.165) is 18.7 Å². The molecule has 2 heterocycles. The van der Waals surface area contributed by atoms with E-state index in [1.54, 1.807) is 10.9 Å². The number of aliphatic hydroxyl groups excluding tert-OH is 1. The Kier molecular flexibility index (Phi) is 4.55. The van der Waals surface area contributed by atoms with Crippen molar-refractivity contribution in [3.05, 3.63) is 6.33 Å². The Morgan fingerprint density at radius 3 is 2.92 bits per heavy atom. The molecule has 2 atom stereocenters. The van der Waals surface area contributed by atoms with Crippen LogP contribution in [-0.2, 0) is 4.74 Å². The predicted molar refractivity (Wildman–Crippen MR) is 91.3 cm³/mol. The molecule has 3 N–H and O–H groups in total. The van der Waals surface area contributed by atoms with Crippen LogP contribution in [-0.4, -0.2) is 50.4 Å². The first-order valence-electron chi connectivity index (χ1n) is 7.97. The number of imidazole rings is 1. The molecule has 0 amide bonds. The minimum Gasteiger partial charge on any atom is -0.394 e. The quantitative estimate of drug-likeness (QED) is 0.728. The maximum atomic E-state index is 9.35. The Labute approximate surface area is 140 Å². The van der Waals surface area contributed by atoms with Gasteiger partial charge in [-0.05, 0) is 19.8 Å². The second-order valence-corrected chi connectivity index (χ2v) is 6.02. The molecule has 3 rings (SSSR count). The van der Waals surface area contributed by atoms with Gasteiger partial charge >= 0.3 is 0 Å². The average molecular weight is 330 g/mol. The van der Waals surface area contributed by atoms with Gasteiger partial charge in [-0.1, -0.05) is 0 Å². The Morgan fingerprint density at radius 1 is 1.54 bits per heavy atom. The summed E-state index contributed by atoms with van der Waals surface area (Å²) in [5, 5.41) is 9.35. The van der Waals surface area contributed by atoms with Crippen molar-refractivity contribution < 1.29 is 9.84 Å². The summed E-state index contributed by atoms with van der Waals surface area (Å²) in [6, 6.07) is 0.482. The van der Waals surface area contributed by atoms with Crippen LogP contribution in [0.15, 0.2) is 6.33 Å². The third kappa shape index (κ3) is 3.13. The number of aliphatic hydroxyl groups is 1. The van der Waals surface area contributed by atoms with Crippen LogP contribution in [0.5, 0.6) is 0 Å². The molecule has 0 bridgehead atoms. The Morgan fingerprint density at radius 2 is 2.29 bits per heavy atom. The van der Waals surface area contributed by atoms with Gasteiger partial charge in [0.05, 0.1) is 19.0 Å². The molecule has 0 spiro atoms. The van der Waals surface area contributed by atoms with E-state index in [1.807, 2.05) is 14.0 Å². The van der Waals surface area contributed by atoms with Gasteiger partial charge in [0.15, 0.2) is 17.0 Å². The van der Waals surface area contributed by atoms with Crippen molar-refractivity contribution in [2.24, 2.45) is 0 Å². The molecule has 2 unspecified atom stereocenters. The highest BCUT2D eigenvalue weighted by Gasteiger charge is 2.30.